The molecule has 0 atom stereocenters. The Morgan fingerprint density at radius 2 is 2.17 bits per heavy atom. The van der Waals surface area contributed by atoms with Crippen LogP contribution in [0.4, 0.5) is 5.69 Å². The van der Waals surface area contributed by atoms with E-state index in [0.717, 1.165) is 15.4 Å². The van der Waals surface area contributed by atoms with E-state index < -0.39 is 0 Å². The lowest BCUT2D eigenvalue weighted by Crippen LogP contribution is -1.81. The van der Waals surface area contributed by atoms with Crippen molar-refractivity contribution < 1.29 is 0 Å². The summed E-state index contributed by atoms with van der Waals surface area (Å²) in [6, 6.07) is 5.81. The van der Waals surface area contributed by atoms with Crippen LogP contribution in [0.1, 0.15) is 0 Å². The second-order valence-corrected chi connectivity index (χ2v) is 3.84. The van der Waals surface area contributed by atoms with Crippen molar-refractivity contribution in [3.8, 4) is 0 Å². The Balaban J connectivity index is 2.88. The lowest BCUT2D eigenvalue weighted by molar-refractivity contribution is 1.47. The highest BCUT2D eigenvalue weighted by molar-refractivity contribution is 9.10. The van der Waals surface area contributed by atoms with Crippen molar-refractivity contribution in [3.05, 3.63) is 27.8 Å². The molecule has 3 N–H and O–H groups in total. The molecular formula is C8H6BrClN2. The molecule has 1 heterocycles. The molecule has 1 aromatic heterocycles. The van der Waals surface area contributed by atoms with Crippen molar-refractivity contribution >= 4 is 44.1 Å². The van der Waals surface area contributed by atoms with Gasteiger partial charge in [-0.15, -0.1) is 0 Å². The maximum Gasteiger partial charge on any atom is 0.130 e. The van der Waals surface area contributed by atoms with Crippen LogP contribution in [0.15, 0.2) is 22.7 Å². The maximum absolute atomic E-state index is 5.81. The fourth-order valence-corrected chi connectivity index (χ4v) is 1.72. The van der Waals surface area contributed by atoms with Crippen LogP contribution in [0.3, 0.4) is 0 Å². The number of benzene rings is 1. The monoisotopic (exact) mass is 244 g/mol. The van der Waals surface area contributed by atoms with E-state index in [1.165, 1.54) is 0 Å². The third-order valence-corrected chi connectivity index (χ3v) is 2.54. The molecule has 0 aliphatic carbocycles. The van der Waals surface area contributed by atoms with Crippen molar-refractivity contribution in [2.24, 2.45) is 0 Å². The first-order valence-corrected chi connectivity index (χ1v) is 4.58. The normalized spacial score (nSPS) is 10.8. The molecule has 0 spiro atoms. The van der Waals surface area contributed by atoms with E-state index in [4.69, 9.17) is 17.3 Å². The SMILES string of the molecule is Nc1c(Cl)[nH]c2ccc(Br)cc12. The molecule has 0 saturated heterocycles. The van der Waals surface area contributed by atoms with Gasteiger partial charge in [0.2, 0.25) is 0 Å². The van der Waals surface area contributed by atoms with Crippen LogP contribution in [0, 0.1) is 0 Å². The minimum Gasteiger partial charge on any atom is -0.396 e. The molecule has 2 rings (SSSR count). The molecule has 0 amide bonds. The van der Waals surface area contributed by atoms with Crippen LogP contribution in [-0.2, 0) is 0 Å². The van der Waals surface area contributed by atoms with Crippen molar-refractivity contribution in [2.45, 2.75) is 0 Å². The number of hydrogen-bond donors (Lipinski definition) is 2. The van der Waals surface area contributed by atoms with Gasteiger partial charge in [-0.25, -0.2) is 0 Å². The van der Waals surface area contributed by atoms with Gasteiger partial charge in [0, 0.05) is 15.4 Å². The first-order valence-electron chi connectivity index (χ1n) is 3.40. The fourth-order valence-electron chi connectivity index (χ4n) is 1.15. The molecule has 0 radical (unpaired) electrons. The number of anilines is 1. The summed E-state index contributed by atoms with van der Waals surface area (Å²) in [6.07, 6.45) is 0. The minimum atomic E-state index is 0.503. The van der Waals surface area contributed by atoms with Crippen LogP contribution in [-0.4, -0.2) is 4.98 Å². The molecule has 2 nitrogen and oxygen atoms in total. The van der Waals surface area contributed by atoms with E-state index in [1.807, 2.05) is 18.2 Å². The molecular weight excluding hydrogens is 239 g/mol. The summed E-state index contributed by atoms with van der Waals surface area (Å²) in [4.78, 5) is 2.97. The summed E-state index contributed by atoms with van der Waals surface area (Å²) >= 11 is 9.17. The Bertz CT molecular complexity index is 436. The largest absolute Gasteiger partial charge is 0.396 e. The quantitative estimate of drug-likeness (QED) is 0.735. The summed E-state index contributed by atoms with van der Waals surface area (Å²) in [5.41, 5.74) is 7.29. The summed E-state index contributed by atoms with van der Waals surface area (Å²) in [6.45, 7) is 0. The minimum absolute atomic E-state index is 0.503. The first-order chi connectivity index (χ1) is 5.68. The summed E-state index contributed by atoms with van der Waals surface area (Å²) in [5.74, 6) is 0. The zero-order chi connectivity index (χ0) is 8.72. The lowest BCUT2D eigenvalue weighted by atomic mass is 10.2. The van der Waals surface area contributed by atoms with Gasteiger partial charge in [0.1, 0.15) is 5.15 Å². The van der Waals surface area contributed by atoms with E-state index >= 15 is 0 Å². The van der Waals surface area contributed by atoms with Crippen LogP contribution in [0.2, 0.25) is 5.15 Å². The van der Waals surface area contributed by atoms with Crippen LogP contribution < -0.4 is 5.73 Å². The second kappa shape index (κ2) is 2.68. The molecule has 0 unspecified atom stereocenters. The van der Waals surface area contributed by atoms with Crippen molar-refractivity contribution in [1.29, 1.82) is 0 Å². The second-order valence-electron chi connectivity index (χ2n) is 2.54. The van der Waals surface area contributed by atoms with Crippen LogP contribution >= 0.6 is 27.5 Å². The number of rotatable bonds is 0. The van der Waals surface area contributed by atoms with E-state index in [2.05, 4.69) is 20.9 Å². The topological polar surface area (TPSA) is 41.8 Å². The number of nitrogen functional groups attached to an aromatic ring is 1. The molecule has 0 aliphatic heterocycles. The highest BCUT2D eigenvalue weighted by Gasteiger charge is 2.05. The Labute approximate surface area is 82.8 Å². The van der Waals surface area contributed by atoms with E-state index in [1.54, 1.807) is 0 Å². The van der Waals surface area contributed by atoms with Gasteiger partial charge in [-0.3, -0.25) is 0 Å². The van der Waals surface area contributed by atoms with Gasteiger partial charge >= 0.3 is 0 Å². The predicted octanol–water partition coefficient (Wildman–Crippen LogP) is 3.17. The predicted molar refractivity (Wildman–Crippen MR) is 55.4 cm³/mol. The number of fused-ring (bicyclic) bond motifs is 1. The third kappa shape index (κ3) is 1.09. The lowest BCUT2D eigenvalue weighted by Gasteiger charge is -1.91. The highest BCUT2D eigenvalue weighted by atomic mass is 79.9. The maximum atomic E-state index is 5.81. The zero-order valence-electron chi connectivity index (χ0n) is 6.07. The van der Waals surface area contributed by atoms with Crippen LogP contribution in [0.25, 0.3) is 10.9 Å². The number of aromatic amines is 1. The average Bonchev–Trinajstić information content (AvgIpc) is 2.31. The van der Waals surface area contributed by atoms with Gasteiger partial charge in [-0.2, -0.15) is 0 Å². The van der Waals surface area contributed by atoms with E-state index in [-0.39, 0.29) is 0 Å². The molecule has 0 saturated carbocycles. The molecule has 62 valence electrons. The molecule has 12 heavy (non-hydrogen) atoms. The smallest absolute Gasteiger partial charge is 0.130 e. The Morgan fingerprint density at radius 1 is 1.42 bits per heavy atom. The average molecular weight is 246 g/mol. The van der Waals surface area contributed by atoms with Gasteiger partial charge < -0.3 is 10.7 Å². The van der Waals surface area contributed by atoms with Crippen molar-refractivity contribution in [1.82, 2.24) is 4.98 Å². The molecule has 2 aromatic rings. The summed E-state index contributed by atoms with van der Waals surface area (Å²) in [5, 5.41) is 1.46. The Kier molecular flexibility index (Phi) is 1.77. The van der Waals surface area contributed by atoms with Crippen LogP contribution in [0.5, 0.6) is 0 Å². The van der Waals surface area contributed by atoms with E-state index in [0.29, 0.717) is 10.8 Å². The molecule has 0 fully saturated rings. The van der Waals surface area contributed by atoms with Gasteiger partial charge in [0.25, 0.3) is 0 Å². The number of H-pyrrole nitrogens is 1. The van der Waals surface area contributed by atoms with E-state index in [9.17, 15) is 0 Å². The first kappa shape index (κ1) is 7.95. The fraction of sp³-hybridized carbons (Fsp3) is 0. The van der Waals surface area contributed by atoms with Gasteiger partial charge in [0.05, 0.1) is 5.69 Å². The highest BCUT2D eigenvalue weighted by Crippen LogP contribution is 2.30. The Hall–Kier alpha value is -0.670. The third-order valence-electron chi connectivity index (χ3n) is 1.75. The molecule has 0 bridgehead atoms. The van der Waals surface area contributed by atoms with Gasteiger partial charge in [-0.1, -0.05) is 27.5 Å². The number of nitrogens with two attached hydrogens (primary N) is 1. The molecule has 4 heteroatoms. The number of nitrogens with one attached hydrogen (secondary N) is 1. The Morgan fingerprint density at radius 3 is 2.92 bits per heavy atom. The molecule has 0 aliphatic rings. The standard InChI is InChI=1S/C8H6BrClN2/c9-4-1-2-6-5(3-4)7(11)8(10)12-6/h1-3,12H,11H2. The van der Waals surface area contributed by atoms with Gasteiger partial charge in [0.15, 0.2) is 0 Å². The number of aromatic nitrogens is 1. The van der Waals surface area contributed by atoms with Gasteiger partial charge in [-0.05, 0) is 18.2 Å². The summed E-state index contributed by atoms with van der Waals surface area (Å²) < 4.78 is 0.998. The van der Waals surface area contributed by atoms with Crippen molar-refractivity contribution in [2.75, 3.05) is 5.73 Å². The number of halogens is 2. The summed E-state index contributed by atoms with van der Waals surface area (Å²) in [7, 11) is 0. The number of hydrogen-bond acceptors (Lipinski definition) is 1. The van der Waals surface area contributed by atoms with Crippen molar-refractivity contribution in [3.63, 3.8) is 0 Å². The zero-order valence-corrected chi connectivity index (χ0v) is 8.41. The molecule has 1 aromatic carbocycles.